The summed E-state index contributed by atoms with van der Waals surface area (Å²) in [4.78, 5) is 12.0. The van der Waals surface area contributed by atoms with Crippen LogP contribution in [-0.4, -0.2) is 36.1 Å². The van der Waals surface area contributed by atoms with Crippen LogP contribution in [0.3, 0.4) is 0 Å². The Bertz CT molecular complexity index is 468. The van der Waals surface area contributed by atoms with Crippen LogP contribution in [0.15, 0.2) is 23.1 Å². The summed E-state index contributed by atoms with van der Waals surface area (Å²) in [5.74, 6) is -0.387. The van der Waals surface area contributed by atoms with Crippen LogP contribution in [0.2, 0.25) is 5.02 Å². The quantitative estimate of drug-likeness (QED) is 0.585. The van der Waals surface area contributed by atoms with Gasteiger partial charge in [0, 0.05) is 31.0 Å². The number of carbonyl (C=O) groups excluding carboxylic acids is 1. The van der Waals surface area contributed by atoms with Crippen molar-refractivity contribution in [2.45, 2.75) is 11.3 Å². The minimum absolute atomic E-state index is 0.112. The van der Waals surface area contributed by atoms with Crippen LogP contribution in [0.5, 0.6) is 0 Å². The van der Waals surface area contributed by atoms with Crippen LogP contribution in [0.25, 0.3) is 0 Å². The number of ether oxygens (including phenoxy) is 1. The lowest BCUT2D eigenvalue weighted by molar-refractivity contribution is -0.118. The van der Waals surface area contributed by atoms with E-state index in [2.05, 4.69) is 5.32 Å². The third-order valence-electron chi connectivity index (χ3n) is 2.33. The first-order chi connectivity index (χ1) is 9.04. The van der Waals surface area contributed by atoms with Crippen molar-refractivity contribution in [2.24, 2.45) is 0 Å². The number of carbonyl (C=O) groups is 1. The highest BCUT2D eigenvalue weighted by molar-refractivity contribution is 7.86. The van der Waals surface area contributed by atoms with Gasteiger partial charge in [-0.3, -0.25) is 9.00 Å². The monoisotopic (exact) mass is 304 g/mol. The smallest absolute Gasteiger partial charge is 0.233 e. The molecule has 0 radical (unpaired) electrons. The molecule has 0 aliphatic rings. The van der Waals surface area contributed by atoms with Crippen LogP contribution in [0.1, 0.15) is 6.42 Å². The standard InChI is InChI=1S/C12H17ClN2O3S/c1-18-6-2-5-15-12(16)8-19(17)11-4-3-9(13)7-10(11)14/h3-4,7H,2,5-6,8,14H2,1H3,(H,15,16). The van der Waals surface area contributed by atoms with E-state index in [1.807, 2.05) is 0 Å². The first-order valence-electron chi connectivity index (χ1n) is 5.73. The van der Waals surface area contributed by atoms with E-state index in [9.17, 15) is 9.00 Å². The van der Waals surface area contributed by atoms with E-state index in [1.165, 1.54) is 6.07 Å². The Morgan fingerprint density at radius 1 is 1.53 bits per heavy atom. The van der Waals surface area contributed by atoms with Gasteiger partial charge >= 0.3 is 0 Å². The fourth-order valence-electron chi connectivity index (χ4n) is 1.42. The summed E-state index contributed by atoms with van der Waals surface area (Å²) in [6.45, 7) is 1.08. The SMILES string of the molecule is COCCCNC(=O)CS(=O)c1ccc(Cl)cc1N. The number of amides is 1. The van der Waals surface area contributed by atoms with E-state index in [1.54, 1.807) is 19.2 Å². The predicted octanol–water partition coefficient (Wildman–Crippen LogP) is 1.18. The molecule has 0 fully saturated rings. The van der Waals surface area contributed by atoms with Crippen molar-refractivity contribution in [1.29, 1.82) is 0 Å². The molecular formula is C12H17ClN2O3S. The van der Waals surface area contributed by atoms with Crippen molar-refractivity contribution in [3.05, 3.63) is 23.2 Å². The average Bonchev–Trinajstić information content (AvgIpc) is 2.34. The molecule has 0 saturated carbocycles. The molecule has 0 bridgehead atoms. The Morgan fingerprint density at radius 3 is 2.89 bits per heavy atom. The summed E-state index contributed by atoms with van der Waals surface area (Å²) < 4.78 is 16.8. The molecule has 106 valence electrons. The van der Waals surface area contributed by atoms with Crippen LogP contribution in [0.4, 0.5) is 5.69 Å². The summed E-state index contributed by atoms with van der Waals surface area (Å²) >= 11 is 5.76. The molecule has 0 saturated heterocycles. The highest BCUT2D eigenvalue weighted by Gasteiger charge is 2.12. The molecule has 7 heteroatoms. The maximum absolute atomic E-state index is 12.0. The minimum atomic E-state index is -1.47. The van der Waals surface area contributed by atoms with Crippen molar-refractivity contribution in [2.75, 3.05) is 31.7 Å². The molecule has 3 N–H and O–H groups in total. The maximum atomic E-state index is 12.0. The van der Waals surface area contributed by atoms with Gasteiger partial charge in [0.2, 0.25) is 5.91 Å². The van der Waals surface area contributed by atoms with Crippen molar-refractivity contribution in [1.82, 2.24) is 5.32 Å². The number of nitrogens with one attached hydrogen (secondary N) is 1. The molecule has 0 heterocycles. The number of nitrogens with two attached hydrogens (primary N) is 1. The molecule has 1 unspecified atom stereocenters. The highest BCUT2D eigenvalue weighted by atomic mass is 35.5. The summed E-state index contributed by atoms with van der Waals surface area (Å²) in [7, 11) is 0.130. The largest absolute Gasteiger partial charge is 0.398 e. The molecule has 0 spiro atoms. The summed E-state index contributed by atoms with van der Waals surface area (Å²) in [5, 5.41) is 3.14. The highest BCUT2D eigenvalue weighted by Crippen LogP contribution is 2.21. The molecule has 1 amide bonds. The van der Waals surface area contributed by atoms with Crippen molar-refractivity contribution in [3.8, 4) is 0 Å². The lowest BCUT2D eigenvalue weighted by atomic mass is 10.3. The lowest BCUT2D eigenvalue weighted by Crippen LogP contribution is -2.29. The predicted molar refractivity (Wildman–Crippen MR) is 76.6 cm³/mol. The Hall–Kier alpha value is -1.11. The van der Waals surface area contributed by atoms with Gasteiger partial charge in [-0.05, 0) is 24.6 Å². The van der Waals surface area contributed by atoms with Crippen molar-refractivity contribution < 1.29 is 13.7 Å². The zero-order valence-electron chi connectivity index (χ0n) is 10.6. The van der Waals surface area contributed by atoms with Gasteiger partial charge in [0.05, 0.1) is 15.7 Å². The maximum Gasteiger partial charge on any atom is 0.233 e. The van der Waals surface area contributed by atoms with Gasteiger partial charge in [-0.25, -0.2) is 0 Å². The number of halogens is 1. The van der Waals surface area contributed by atoms with Gasteiger partial charge in [0.15, 0.2) is 0 Å². The fourth-order valence-corrected chi connectivity index (χ4v) is 2.64. The zero-order chi connectivity index (χ0) is 14.3. The second-order valence-electron chi connectivity index (χ2n) is 3.87. The molecule has 1 rings (SSSR count). The summed E-state index contributed by atoms with van der Waals surface area (Å²) in [6, 6.07) is 4.69. The third kappa shape index (κ3) is 5.59. The van der Waals surface area contributed by atoms with Gasteiger partial charge in [0.25, 0.3) is 0 Å². The van der Waals surface area contributed by atoms with Gasteiger partial charge in [-0.2, -0.15) is 0 Å². The van der Waals surface area contributed by atoms with E-state index >= 15 is 0 Å². The molecular weight excluding hydrogens is 288 g/mol. The van der Waals surface area contributed by atoms with Crippen LogP contribution >= 0.6 is 11.6 Å². The number of nitrogen functional groups attached to an aromatic ring is 1. The van der Waals surface area contributed by atoms with E-state index < -0.39 is 10.8 Å². The van der Waals surface area contributed by atoms with Crippen molar-refractivity contribution >= 4 is 34.0 Å². The van der Waals surface area contributed by atoms with Crippen LogP contribution in [-0.2, 0) is 20.3 Å². The third-order valence-corrected chi connectivity index (χ3v) is 3.95. The number of methoxy groups -OCH3 is 1. The topological polar surface area (TPSA) is 81.4 Å². The Morgan fingerprint density at radius 2 is 2.26 bits per heavy atom. The van der Waals surface area contributed by atoms with E-state index in [0.717, 1.165) is 6.42 Å². The Labute approximate surface area is 119 Å². The second-order valence-corrected chi connectivity index (χ2v) is 5.72. The molecule has 19 heavy (non-hydrogen) atoms. The van der Waals surface area contributed by atoms with E-state index in [-0.39, 0.29) is 11.7 Å². The zero-order valence-corrected chi connectivity index (χ0v) is 12.2. The molecule has 1 atom stereocenters. The van der Waals surface area contributed by atoms with Gasteiger partial charge in [-0.1, -0.05) is 11.6 Å². The fraction of sp³-hybridized carbons (Fsp3) is 0.417. The Balaban J connectivity index is 2.48. The van der Waals surface area contributed by atoms with Crippen LogP contribution in [0, 0.1) is 0 Å². The van der Waals surface area contributed by atoms with E-state index in [4.69, 9.17) is 22.1 Å². The number of hydrogen-bond acceptors (Lipinski definition) is 4. The average molecular weight is 305 g/mol. The molecule has 0 aromatic heterocycles. The minimum Gasteiger partial charge on any atom is -0.398 e. The first-order valence-corrected chi connectivity index (χ1v) is 7.43. The van der Waals surface area contributed by atoms with Crippen LogP contribution < -0.4 is 11.1 Å². The molecule has 1 aromatic rings. The molecule has 5 nitrogen and oxygen atoms in total. The number of benzene rings is 1. The summed E-state index contributed by atoms with van der Waals surface area (Å²) in [6.07, 6.45) is 0.720. The molecule has 0 aliphatic heterocycles. The lowest BCUT2D eigenvalue weighted by Gasteiger charge is -2.07. The number of rotatable bonds is 7. The first kappa shape index (κ1) is 15.9. The van der Waals surface area contributed by atoms with Gasteiger partial charge < -0.3 is 15.8 Å². The number of hydrogen-bond donors (Lipinski definition) is 2. The second kappa shape index (κ2) is 8.14. The van der Waals surface area contributed by atoms with Gasteiger partial charge in [-0.15, -0.1) is 0 Å². The van der Waals surface area contributed by atoms with Crippen molar-refractivity contribution in [3.63, 3.8) is 0 Å². The molecule has 1 aromatic carbocycles. The Kier molecular flexibility index (Phi) is 6.83. The molecule has 0 aliphatic carbocycles. The summed E-state index contributed by atoms with van der Waals surface area (Å²) in [5.41, 5.74) is 6.04. The van der Waals surface area contributed by atoms with Gasteiger partial charge in [0.1, 0.15) is 5.75 Å². The van der Waals surface area contributed by atoms with E-state index in [0.29, 0.717) is 28.8 Å². The normalized spacial score (nSPS) is 12.1. The number of anilines is 1.